The molecule has 0 spiro atoms. The van der Waals surface area contributed by atoms with Crippen molar-refractivity contribution in [2.24, 2.45) is 0 Å². The van der Waals surface area contributed by atoms with E-state index in [9.17, 15) is 18.0 Å². The molecule has 2 aromatic rings. The number of aryl methyl sites for hydroxylation is 1. The van der Waals surface area contributed by atoms with E-state index in [2.05, 4.69) is 10.3 Å². The number of ether oxygens (including phenoxy) is 1. The highest BCUT2D eigenvalue weighted by molar-refractivity contribution is 7.91. The second kappa shape index (κ2) is 8.18. The number of hydrogen-bond acceptors (Lipinski definition) is 7. The van der Waals surface area contributed by atoms with Crippen LogP contribution in [0.25, 0.3) is 10.6 Å². The number of esters is 1. The van der Waals surface area contributed by atoms with Crippen LogP contribution < -0.4 is 5.32 Å². The molecule has 1 aromatic carbocycles. The van der Waals surface area contributed by atoms with Gasteiger partial charge in [-0.15, -0.1) is 11.3 Å². The second-order valence-corrected chi connectivity index (χ2v) is 9.60. The van der Waals surface area contributed by atoms with E-state index in [1.165, 1.54) is 11.3 Å². The fourth-order valence-electron chi connectivity index (χ4n) is 2.74. The molecule has 2 heterocycles. The van der Waals surface area contributed by atoms with E-state index >= 15 is 0 Å². The molecule has 0 unspecified atom stereocenters. The van der Waals surface area contributed by atoms with Crippen molar-refractivity contribution in [2.75, 3.05) is 18.1 Å². The van der Waals surface area contributed by atoms with Crippen molar-refractivity contribution in [3.63, 3.8) is 0 Å². The second-order valence-electron chi connectivity index (χ2n) is 6.51. The molecular formula is C18H20N2O5S2. The maximum atomic E-state index is 11.9. The molecule has 27 heavy (non-hydrogen) atoms. The Balaban J connectivity index is 1.45. The summed E-state index contributed by atoms with van der Waals surface area (Å²) in [5, 5.41) is 5.18. The highest BCUT2D eigenvalue weighted by Gasteiger charge is 2.29. The highest BCUT2D eigenvalue weighted by Crippen LogP contribution is 2.24. The van der Waals surface area contributed by atoms with Crippen LogP contribution in [0.2, 0.25) is 0 Å². The lowest BCUT2D eigenvalue weighted by atomic mass is 10.2. The molecule has 1 fully saturated rings. The molecule has 7 nitrogen and oxygen atoms in total. The summed E-state index contributed by atoms with van der Waals surface area (Å²) < 4.78 is 27.7. The Bertz CT molecular complexity index is 935. The van der Waals surface area contributed by atoms with Crippen molar-refractivity contribution in [1.29, 1.82) is 0 Å². The van der Waals surface area contributed by atoms with Crippen LogP contribution >= 0.6 is 11.3 Å². The van der Waals surface area contributed by atoms with Gasteiger partial charge in [-0.05, 0) is 13.3 Å². The minimum Gasteiger partial charge on any atom is -0.455 e. The number of rotatable bonds is 6. The summed E-state index contributed by atoms with van der Waals surface area (Å²) in [6.45, 7) is 1.58. The maximum absolute atomic E-state index is 11.9. The zero-order chi connectivity index (χ0) is 19.4. The Morgan fingerprint density at radius 2 is 2.04 bits per heavy atom. The van der Waals surface area contributed by atoms with Crippen molar-refractivity contribution in [3.05, 3.63) is 40.9 Å². The predicted molar refractivity (Wildman–Crippen MR) is 102 cm³/mol. The molecule has 1 amide bonds. The minimum atomic E-state index is -3.07. The third-order valence-electron chi connectivity index (χ3n) is 4.14. The number of carbonyl (C=O) groups excluding carboxylic acids is 2. The molecule has 144 valence electrons. The van der Waals surface area contributed by atoms with Gasteiger partial charge in [0, 0.05) is 17.0 Å². The van der Waals surface area contributed by atoms with Gasteiger partial charge in [-0.2, -0.15) is 0 Å². The number of nitrogens with zero attached hydrogens (tertiary/aromatic N) is 1. The number of benzene rings is 1. The van der Waals surface area contributed by atoms with Crippen molar-refractivity contribution >= 4 is 33.1 Å². The first-order valence-electron chi connectivity index (χ1n) is 8.47. The normalized spacial score (nSPS) is 18.2. The van der Waals surface area contributed by atoms with Crippen LogP contribution in [0.4, 0.5) is 0 Å². The lowest BCUT2D eigenvalue weighted by Crippen LogP contribution is -2.38. The van der Waals surface area contributed by atoms with Crippen LogP contribution in [-0.4, -0.2) is 49.4 Å². The van der Waals surface area contributed by atoms with Gasteiger partial charge in [0.1, 0.15) is 5.01 Å². The number of nitrogens with one attached hydrogen (secondary N) is 1. The molecular weight excluding hydrogens is 388 g/mol. The van der Waals surface area contributed by atoms with Crippen LogP contribution in [0, 0.1) is 6.92 Å². The summed E-state index contributed by atoms with van der Waals surface area (Å²) >= 11 is 1.44. The van der Waals surface area contributed by atoms with E-state index in [0.29, 0.717) is 12.1 Å². The fourth-order valence-corrected chi connectivity index (χ4v) is 5.24. The lowest BCUT2D eigenvalue weighted by Gasteiger charge is -2.10. The molecule has 1 atom stereocenters. The van der Waals surface area contributed by atoms with Gasteiger partial charge in [0.25, 0.3) is 5.91 Å². The Labute approximate surface area is 161 Å². The van der Waals surface area contributed by atoms with Crippen LogP contribution in [0.3, 0.4) is 0 Å². The van der Waals surface area contributed by atoms with Gasteiger partial charge in [-0.3, -0.25) is 9.59 Å². The Morgan fingerprint density at radius 3 is 2.70 bits per heavy atom. The summed E-state index contributed by atoms with van der Waals surface area (Å²) in [7, 11) is -3.07. The molecule has 1 aliphatic rings. The first-order valence-corrected chi connectivity index (χ1v) is 11.2. The molecule has 0 aliphatic carbocycles. The summed E-state index contributed by atoms with van der Waals surface area (Å²) in [5.41, 5.74) is 2.73. The SMILES string of the molecule is Cc1ccc(-c2nc(CC(=O)OCC(=O)N[C@H]3CCS(=O)(=O)C3)cs2)cc1. The standard InChI is InChI=1S/C18H20N2O5S2/c1-12-2-4-13(5-3-12)18-20-15(10-26-18)8-17(22)25-9-16(21)19-14-6-7-27(23,24)11-14/h2-5,10,14H,6-9,11H2,1H3,(H,19,21)/t14-/m0/s1. The number of thiazole rings is 1. The third kappa shape index (κ3) is 5.61. The molecule has 1 N–H and O–H groups in total. The van der Waals surface area contributed by atoms with Crippen molar-refractivity contribution < 1.29 is 22.7 Å². The van der Waals surface area contributed by atoms with Gasteiger partial charge in [0.05, 0.1) is 23.6 Å². The van der Waals surface area contributed by atoms with Gasteiger partial charge in [-0.25, -0.2) is 13.4 Å². The quantitative estimate of drug-likeness (QED) is 0.727. The zero-order valence-corrected chi connectivity index (χ0v) is 16.4. The molecule has 9 heteroatoms. The number of aromatic nitrogens is 1. The largest absolute Gasteiger partial charge is 0.455 e. The highest BCUT2D eigenvalue weighted by atomic mass is 32.2. The van der Waals surface area contributed by atoms with Crippen LogP contribution in [0.5, 0.6) is 0 Å². The van der Waals surface area contributed by atoms with Gasteiger partial charge < -0.3 is 10.1 Å². The topological polar surface area (TPSA) is 102 Å². The van der Waals surface area contributed by atoms with Crippen LogP contribution in [-0.2, 0) is 30.6 Å². The Morgan fingerprint density at radius 1 is 1.30 bits per heavy atom. The first-order chi connectivity index (χ1) is 12.8. The van der Waals surface area contributed by atoms with Crippen LogP contribution in [0.15, 0.2) is 29.6 Å². The summed E-state index contributed by atoms with van der Waals surface area (Å²) in [6, 6.07) is 7.54. The summed E-state index contributed by atoms with van der Waals surface area (Å²) in [5.74, 6) is -1.04. The smallest absolute Gasteiger partial charge is 0.312 e. The van der Waals surface area contributed by atoms with E-state index in [0.717, 1.165) is 16.1 Å². The van der Waals surface area contributed by atoms with Crippen molar-refractivity contribution in [3.8, 4) is 10.6 Å². The van der Waals surface area contributed by atoms with Gasteiger partial charge in [-0.1, -0.05) is 29.8 Å². The van der Waals surface area contributed by atoms with Crippen molar-refractivity contribution in [2.45, 2.75) is 25.8 Å². The minimum absolute atomic E-state index is 0.0204. The number of hydrogen-bond donors (Lipinski definition) is 1. The summed E-state index contributed by atoms with van der Waals surface area (Å²) in [4.78, 5) is 28.1. The molecule has 1 aromatic heterocycles. The average Bonchev–Trinajstić information content (AvgIpc) is 3.20. The molecule has 0 radical (unpaired) electrons. The number of sulfone groups is 1. The zero-order valence-electron chi connectivity index (χ0n) is 14.8. The summed E-state index contributed by atoms with van der Waals surface area (Å²) in [6.07, 6.45) is 0.371. The van der Waals surface area contributed by atoms with Gasteiger partial charge >= 0.3 is 5.97 Å². The molecule has 0 saturated carbocycles. The van der Waals surface area contributed by atoms with Gasteiger partial charge in [0.2, 0.25) is 0 Å². The van der Waals surface area contributed by atoms with E-state index in [4.69, 9.17) is 4.74 Å². The third-order valence-corrected chi connectivity index (χ3v) is 6.85. The van der Waals surface area contributed by atoms with E-state index in [1.807, 2.05) is 31.2 Å². The average molecular weight is 409 g/mol. The number of carbonyl (C=O) groups is 2. The Hall–Kier alpha value is -2.26. The van der Waals surface area contributed by atoms with Crippen LogP contribution in [0.1, 0.15) is 17.7 Å². The van der Waals surface area contributed by atoms with Gasteiger partial charge in [0.15, 0.2) is 16.4 Å². The molecule has 3 rings (SSSR count). The lowest BCUT2D eigenvalue weighted by molar-refractivity contribution is -0.148. The first kappa shape index (κ1) is 19.5. The Kier molecular flexibility index (Phi) is 5.91. The monoisotopic (exact) mass is 408 g/mol. The van der Waals surface area contributed by atoms with E-state index in [1.54, 1.807) is 5.38 Å². The fraction of sp³-hybridized carbons (Fsp3) is 0.389. The van der Waals surface area contributed by atoms with Crippen molar-refractivity contribution in [1.82, 2.24) is 10.3 Å². The molecule has 1 saturated heterocycles. The molecule has 0 bridgehead atoms. The van der Waals surface area contributed by atoms with E-state index < -0.39 is 34.4 Å². The maximum Gasteiger partial charge on any atom is 0.312 e. The molecule has 1 aliphatic heterocycles. The predicted octanol–water partition coefficient (Wildman–Crippen LogP) is 1.51. The van der Waals surface area contributed by atoms with E-state index in [-0.39, 0.29) is 17.9 Å². The number of amides is 1.